The van der Waals surface area contributed by atoms with Crippen LogP contribution in [0.15, 0.2) is 67.0 Å². The quantitative estimate of drug-likeness (QED) is 0.274. The van der Waals surface area contributed by atoms with Gasteiger partial charge >= 0.3 is 6.18 Å². The summed E-state index contributed by atoms with van der Waals surface area (Å²) in [6.45, 7) is 5.97. The third-order valence-corrected chi connectivity index (χ3v) is 6.34. The van der Waals surface area contributed by atoms with Crippen LogP contribution < -0.4 is 10.1 Å². The van der Waals surface area contributed by atoms with Crippen LogP contribution in [-0.2, 0) is 19.3 Å². The normalized spacial score (nSPS) is 11.6. The number of fused-ring (bicyclic) bond motifs is 1. The van der Waals surface area contributed by atoms with Gasteiger partial charge in [0.2, 0.25) is 0 Å². The van der Waals surface area contributed by atoms with Crippen LogP contribution in [0, 0.1) is 13.8 Å². The average molecular weight is 535 g/mol. The first-order chi connectivity index (χ1) is 18.6. The number of aryl methyl sites for hydroxylation is 3. The summed E-state index contributed by atoms with van der Waals surface area (Å²) in [5.74, 6) is -0.0249. The van der Waals surface area contributed by atoms with E-state index in [1.807, 2.05) is 44.2 Å². The smallest absolute Gasteiger partial charge is 0.433 e. The lowest BCUT2D eigenvalue weighted by Gasteiger charge is -2.11. The molecule has 3 heterocycles. The summed E-state index contributed by atoms with van der Waals surface area (Å²) in [6, 6.07) is 15.2. The standard InChI is InChI=1S/C28H25F3N6O2/c1-4-19-6-9-22(10-7-19)39-16-36-15-21(14-32-36)33-27(38)24-13-26-34-23(20-8-5-17(2)18(3)11-20)12-25(28(29,30)31)37(26)35-24/h5-15H,4,16H2,1-3H3,(H,33,38). The average Bonchev–Trinajstić information content (AvgIpc) is 3.55. The van der Waals surface area contributed by atoms with Crippen molar-refractivity contribution in [2.24, 2.45) is 0 Å². The van der Waals surface area contributed by atoms with Crippen molar-refractivity contribution in [1.82, 2.24) is 24.4 Å². The van der Waals surface area contributed by atoms with Gasteiger partial charge in [-0.2, -0.15) is 23.4 Å². The minimum atomic E-state index is -4.71. The summed E-state index contributed by atoms with van der Waals surface area (Å²) in [5.41, 5.74) is 2.79. The molecule has 0 saturated heterocycles. The monoisotopic (exact) mass is 534 g/mol. The van der Waals surface area contributed by atoms with Crippen molar-refractivity contribution in [2.45, 2.75) is 40.1 Å². The summed E-state index contributed by atoms with van der Waals surface area (Å²) in [4.78, 5) is 17.2. The molecule has 5 rings (SSSR count). The number of aromatic nitrogens is 5. The van der Waals surface area contributed by atoms with Crippen molar-refractivity contribution in [3.05, 3.63) is 95.1 Å². The Balaban J connectivity index is 1.36. The fourth-order valence-electron chi connectivity index (χ4n) is 3.99. The number of benzene rings is 2. The SMILES string of the molecule is CCc1ccc(OCn2cc(NC(=O)c3cc4nc(-c5ccc(C)c(C)c5)cc(C(F)(F)F)n4n3)cn2)cc1. The van der Waals surface area contributed by atoms with Gasteiger partial charge in [0, 0.05) is 11.6 Å². The number of carbonyl (C=O) groups excluding carboxylic acids is 1. The zero-order valence-corrected chi connectivity index (χ0v) is 21.5. The zero-order chi connectivity index (χ0) is 27.7. The molecule has 0 saturated carbocycles. The predicted molar refractivity (Wildman–Crippen MR) is 140 cm³/mol. The van der Waals surface area contributed by atoms with E-state index in [4.69, 9.17) is 4.74 Å². The van der Waals surface area contributed by atoms with E-state index >= 15 is 0 Å². The molecule has 0 aliphatic rings. The number of alkyl halides is 3. The highest BCUT2D eigenvalue weighted by atomic mass is 19.4. The van der Waals surface area contributed by atoms with Crippen LogP contribution in [0.3, 0.4) is 0 Å². The second-order valence-corrected chi connectivity index (χ2v) is 9.12. The second-order valence-electron chi connectivity index (χ2n) is 9.12. The van der Waals surface area contributed by atoms with Crippen LogP contribution in [0.1, 0.15) is 39.8 Å². The Bertz CT molecular complexity index is 1650. The molecule has 0 atom stereocenters. The van der Waals surface area contributed by atoms with Crippen molar-refractivity contribution in [1.29, 1.82) is 0 Å². The van der Waals surface area contributed by atoms with Gasteiger partial charge in [-0.25, -0.2) is 14.2 Å². The zero-order valence-electron chi connectivity index (χ0n) is 21.5. The summed E-state index contributed by atoms with van der Waals surface area (Å²) < 4.78 is 49.6. The maximum Gasteiger partial charge on any atom is 0.433 e. The highest BCUT2D eigenvalue weighted by molar-refractivity contribution is 6.03. The number of hydrogen-bond acceptors (Lipinski definition) is 5. The van der Waals surface area contributed by atoms with E-state index < -0.39 is 17.8 Å². The Hall–Kier alpha value is -4.67. The van der Waals surface area contributed by atoms with Gasteiger partial charge in [-0.15, -0.1) is 0 Å². The van der Waals surface area contributed by atoms with Gasteiger partial charge in [0.15, 0.2) is 23.8 Å². The number of ether oxygens (including phenoxy) is 1. The summed E-state index contributed by atoms with van der Waals surface area (Å²) in [5, 5.41) is 10.7. The predicted octanol–water partition coefficient (Wildman–Crippen LogP) is 6.08. The summed E-state index contributed by atoms with van der Waals surface area (Å²) >= 11 is 0. The minimum Gasteiger partial charge on any atom is -0.471 e. The topological polar surface area (TPSA) is 86.3 Å². The fourth-order valence-corrected chi connectivity index (χ4v) is 3.99. The Labute approximate surface area is 222 Å². The second kappa shape index (κ2) is 10.2. The Morgan fingerprint density at radius 1 is 1.03 bits per heavy atom. The van der Waals surface area contributed by atoms with Gasteiger partial charge in [-0.05, 0) is 61.2 Å². The van der Waals surface area contributed by atoms with E-state index in [0.717, 1.165) is 23.6 Å². The molecule has 0 radical (unpaired) electrons. The van der Waals surface area contributed by atoms with Crippen molar-refractivity contribution in [3.63, 3.8) is 0 Å². The Morgan fingerprint density at radius 3 is 2.49 bits per heavy atom. The van der Waals surface area contributed by atoms with Crippen LogP contribution >= 0.6 is 0 Å². The maximum absolute atomic E-state index is 13.9. The molecule has 0 fully saturated rings. The summed E-state index contributed by atoms with van der Waals surface area (Å²) in [6.07, 6.45) is -0.830. The van der Waals surface area contributed by atoms with Crippen LogP contribution in [-0.4, -0.2) is 30.3 Å². The molecule has 200 valence electrons. The minimum absolute atomic E-state index is 0.0959. The fraction of sp³-hybridized carbons (Fsp3) is 0.214. The lowest BCUT2D eigenvalue weighted by atomic mass is 10.0. The number of nitrogens with zero attached hydrogens (tertiary/aromatic N) is 5. The van der Waals surface area contributed by atoms with Crippen molar-refractivity contribution in [3.8, 4) is 17.0 Å². The number of anilines is 1. The molecule has 5 aromatic rings. The summed E-state index contributed by atoms with van der Waals surface area (Å²) in [7, 11) is 0. The highest BCUT2D eigenvalue weighted by Crippen LogP contribution is 2.33. The maximum atomic E-state index is 13.9. The van der Waals surface area contributed by atoms with Gasteiger partial charge < -0.3 is 10.1 Å². The van der Waals surface area contributed by atoms with Crippen LogP contribution in [0.25, 0.3) is 16.9 Å². The van der Waals surface area contributed by atoms with Gasteiger partial charge in [0.25, 0.3) is 5.91 Å². The van der Waals surface area contributed by atoms with Crippen molar-refractivity contribution in [2.75, 3.05) is 5.32 Å². The molecular formula is C28H25F3N6O2. The molecular weight excluding hydrogens is 509 g/mol. The van der Waals surface area contributed by atoms with E-state index in [1.54, 1.807) is 18.3 Å². The van der Waals surface area contributed by atoms with E-state index in [9.17, 15) is 18.0 Å². The Morgan fingerprint density at radius 2 is 1.79 bits per heavy atom. The van der Waals surface area contributed by atoms with Crippen molar-refractivity contribution >= 4 is 17.2 Å². The molecule has 1 N–H and O–H groups in total. The lowest BCUT2D eigenvalue weighted by molar-refractivity contribution is -0.142. The van der Waals surface area contributed by atoms with E-state index in [0.29, 0.717) is 21.5 Å². The van der Waals surface area contributed by atoms with E-state index in [1.165, 1.54) is 22.5 Å². The van der Waals surface area contributed by atoms with Gasteiger partial charge in [-0.3, -0.25) is 4.79 Å². The third-order valence-electron chi connectivity index (χ3n) is 6.34. The lowest BCUT2D eigenvalue weighted by Crippen LogP contribution is -2.15. The molecule has 0 spiro atoms. The van der Waals surface area contributed by atoms with Crippen LogP contribution in [0.2, 0.25) is 0 Å². The molecule has 11 heteroatoms. The third kappa shape index (κ3) is 5.62. The van der Waals surface area contributed by atoms with Gasteiger partial charge in [0.05, 0.1) is 23.8 Å². The van der Waals surface area contributed by atoms with Crippen molar-refractivity contribution < 1.29 is 22.7 Å². The molecule has 0 bridgehead atoms. The number of amides is 1. The molecule has 0 aliphatic heterocycles. The number of carbonyl (C=O) groups is 1. The van der Waals surface area contributed by atoms with Crippen LogP contribution in [0.5, 0.6) is 5.75 Å². The number of halogens is 3. The largest absolute Gasteiger partial charge is 0.471 e. The number of nitrogens with one attached hydrogen (secondary N) is 1. The van der Waals surface area contributed by atoms with E-state index in [2.05, 4.69) is 27.4 Å². The van der Waals surface area contributed by atoms with E-state index in [-0.39, 0.29) is 23.8 Å². The molecule has 3 aromatic heterocycles. The molecule has 1 amide bonds. The molecule has 39 heavy (non-hydrogen) atoms. The van der Waals surface area contributed by atoms with Gasteiger partial charge in [-0.1, -0.05) is 31.2 Å². The molecule has 0 aliphatic carbocycles. The molecule has 0 unspecified atom stereocenters. The molecule has 2 aromatic carbocycles. The number of hydrogen-bond donors (Lipinski definition) is 1. The first-order valence-electron chi connectivity index (χ1n) is 12.2. The molecule has 8 nitrogen and oxygen atoms in total. The Kier molecular flexibility index (Phi) is 6.81. The first-order valence-corrected chi connectivity index (χ1v) is 12.2. The highest BCUT2D eigenvalue weighted by Gasteiger charge is 2.35. The first kappa shape index (κ1) is 26.0. The van der Waals surface area contributed by atoms with Crippen LogP contribution in [0.4, 0.5) is 18.9 Å². The van der Waals surface area contributed by atoms with Gasteiger partial charge in [0.1, 0.15) is 5.75 Å². The number of rotatable bonds is 7.